The maximum atomic E-state index is 12.7. The molecule has 0 bridgehead atoms. The quantitative estimate of drug-likeness (QED) is 0.459. The number of aliphatic hydroxyl groups excluding tert-OH is 2. The first-order valence-corrected chi connectivity index (χ1v) is 12.4. The zero-order chi connectivity index (χ0) is 23.1. The summed E-state index contributed by atoms with van der Waals surface area (Å²) < 4.78 is 0. The summed E-state index contributed by atoms with van der Waals surface area (Å²) in [5.41, 5.74) is 2.34. The van der Waals surface area contributed by atoms with Gasteiger partial charge in [0.2, 0.25) is 0 Å². The summed E-state index contributed by atoms with van der Waals surface area (Å²) in [6.45, 7) is 6.56. The lowest BCUT2D eigenvalue weighted by Crippen LogP contribution is -2.50. The van der Waals surface area contributed by atoms with Crippen molar-refractivity contribution in [3.63, 3.8) is 0 Å². The number of nitrogens with one attached hydrogen (secondary N) is 1. The maximum absolute atomic E-state index is 12.7. The van der Waals surface area contributed by atoms with Crippen molar-refractivity contribution in [1.29, 1.82) is 0 Å². The van der Waals surface area contributed by atoms with Crippen LogP contribution < -0.4 is 5.32 Å². The van der Waals surface area contributed by atoms with E-state index in [2.05, 4.69) is 28.3 Å². The molecule has 0 spiro atoms. The number of allylic oxidation sites excluding steroid dienone is 3. The molecule has 1 aliphatic rings. The van der Waals surface area contributed by atoms with Crippen LogP contribution in [0.5, 0.6) is 0 Å². The van der Waals surface area contributed by atoms with Gasteiger partial charge >= 0.3 is 0 Å². The van der Waals surface area contributed by atoms with Crippen LogP contribution in [0.1, 0.15) is 41.3 Å². The largest absolute Gasteiger partial charge is 0.380 e. The molecule has 3 atom stereocenters. The van der Waals surface area contributed by atoms with E-state index in [-0.39, 0.29) is 6.04 Å². The smallest absolute Gasteiger partial charge is 0.255 e. The third kappa shape index (κ3) is 5.92. The molecule has 0 aromatic carbocycles. The number of carbonyl (C=O) groups is 2. The van der Waals surface area contributed by atoms with Gasteiger partial charge in [0, 0.05) is 29.5 Å². The van der Waals surface area contributed by atoms with Gasteiger partial charge in [-0.25, -0.2) is 4.98 Å². The average Bonchev–Trinajstić information content (AvgIpc) is 3.57. The molecule has 0 aliphatic carbocycles. The maximum Gasteiger partial charge on any atom is 0.255 e. The van der Waals surface area contributed by atoms with E-state index in [1.807, 2.05) is 24.5 Å². The first-order valence-electron chi connectivity index (χ1n) is 10.6. The van der Waals surface area contributed by atoms with Crippen molar-refractivity contribution >= 4 is 34.5 Å². The Morgan fingerprint density at radius 1 is 1.38 bits per heavy atom. The molecule has 9 heteroatoms. The van der Waals surface area contributed by atoms with Crippen LogP contribution in [0, 0.1) is 0 Å². The SMILES string of the molecule is C=CC(=CC)Cc1csc(CCNC(=O)[C@H](O)[C@@H](O)C(=O)N2CCC[C@@H]2c2nccs2)c1. The van der Waals surface area contributed by atoms with E-state index in [1.165, 1.54) is 21.8 Å². The fraction of sp³-hybridized carbons (Fsp3) is 0.435. The van der Waals surface area contributed by atoms with Gasteiger partial charge in [-0.15, -0.1) is 22.7 Å². The second-order valence-corrected chi connectivity index (χ2v) is 9.58. The summed E-state index contributed by atoms with van der Waals surface area (Å²) in [5.74, 6) is -1.40. The van der Waals surface area contributed by atoms with E-state index >= 15 is 0 Å². The molecule has 2 amide bonds. The lowest BCUT2D eigenvalue weighted by molar-refractivity contribution is -0.153. The van der Waals surface area contributed by atoms with Crippen LogP contribution in [0.2, 0.25) is 0 Å². The first kappa shape index (κ1) is 24.3. The lowest BCUT2D eigenvalue weighted by Gasteiger charge is -2.27. The Morgan fingerprint density at radius 3 is 2.88 bits per heavy atom. The molecule has 1 fully saturated rings. The van der Waals surface area contributed by atoms with Gasteiger partial charge in [-0.3, -0.25) is 9.59 Å². The number of aromatic nitrogens is 1. The Morgan fingerprint density at radius 2 is 2.19 bits per heavy atom. The Labute approximate surface area is 196 Å². The molecule has 3 heterocycles. The Kier molecular flexibility index (Phi) is 8.75. The van der Waals surface area contributed by atoms with Crippen LogP contribution in [0.4, 0.5) is 0 Å². The Bertz CT molecular complexity index is 954. The summed E-state index contributed by atoms with van der Waals surface area (Å²) in [6.07, 6.45) is 4.88. The van der Waals surface area contributed by atoms with Crippen molar-refractivity contribution in [2.45, 2.75) is 50.9 Å². The topological polar surface area (TPSA) is 103 Å². The van der Waals surface area contributed by atoms with Gasteiger partial charge in [0.25, 0.3) is 11.8 Å². The number of thiophene rings is 1. The van der Waals surface area contributed by atoms with Crippen LogP contribution in [-0.2, 0) is 22.4 Å². The molecule has 3 N–H and O–H groups in total. The molecule has 0 radical (unpaired) electrons. The summed E-state index contributed by atoms with van der Waals surface area (Å²) >= 11 is 3.06. The second kappa shape index (κ2) is 11.5. The molecule has 7 nitrogen and oxygen atoms in total. The number of amides is 2. The first-order chi connectivity index (χ1) is 15.4. The molecule has 0 unspecified atom stereocenters. The van der Waals surface area contributed by atoms with Crippen molar-refractivity contribution in [3.05, 3.63) is 62.8 Å². The third-order valence-electron chi connectivity index (χ3n) is 5.51. The second-order valence-electron chi connectivity index (χ2n) is 7.66. The molecule has 1 saturated heterocycles. The van der Waals surface area contributed by atoms with Crippen molar-refractivity contribution in [1.82, 2.24) is 15.2 Å². The van der Waals surface area contributed by atoms with E-state index in [0.29, 0.717) is 19.5 Å². The molecule has 32 heavy (non-hydrogen) atoms. The highest BCUT2D eigenvalue weighted by atomic mass is 32.1. The van der Waals surface area contributed by atoms with Crippen LogP contribution in [-0.4, -0.2) is 57.2 Å². The number of thiazole rings is 1. The Balaban J connectivity index is 1.48. The molecule has 1 aliphatic heterocycles. The molecular formula is C23H29N3O4S2. The van der Waals surface area contributed by atoms with Crippen LogP contribution in [0.15, 0.2) is 47.3 Å². The van der Waals surface area contributed by atoms with Gasteiger partial charge < -0.3 is 20.4 Å². The molecule has 2 aromatic rings. The van der Waals surface area contributed by atoms with Crippen molar-refractivity contribution < 1.29 is 19.8 Å². The van der Waals surface area contributed by atoms with Crippen molar-refractivity contribution in [2.75, 3.05) is 13.1 Å². The molecule has 172 valence electrons. The van der Waals surface area contributed by atoms with Crippen LogP contribution in [0.3, 0.4) is 0 Å². The standard InChI is InChI=1S/C23H29N3O4S2/c1-3-15(4-2)12-16-13-17(32-14-16)7-8-24-21(29)19(27)20(28)23(30)26-10-5-6-18(26)22-25-9-11-31-22/h3-4,9,11,13-14,18-20,27-28H,1,5-8,10,12H2,2H3,(H,24,29)/t18-,19-,20-/m1/s1. The third-order valence-corrected chi connectivity index (χ3v) is 7.44. The summed E-state index contributed by atoms with van der Waals surface area (Å²) in [5, 5.41) is 27.9. The van der Waals surface area contributed by atoms with E-state index in [4.69, 9.17) is 0 Å². The van der Waals surface area contributed by atoms with Gasteiger partial charge in [0.05, 0.1) is 6.04 Å². The summed E-state index contributed by atoms with van der Waals surface area (Å²) in [7, 11) is 0. The normalized spacial score (nSPS) is 18.4. The number of likely N-dealkylation sites (tertiary alicyclic amines) is 1. The minimum absolute atomic E-state index is 0.218. The van der Waals surface area contributed by atoms with Crippen molar-refractivity contribution in [3.8, 4) is 0 Å². The van der Waals surface area contributed by atoms with Gasteiger partial charge in [-0.1, -0.05) is 18.7 Å². The fourth-order valence-corrected chi connectivity index (χ4v) is 5.40. The number of aliphatic hydroxyl groups is 2. The van der Waals surface area contributed by atoms with Gasteiger partial charge in [0.1, 0.15) is 5.01 Å². The number of nitrogens with zero attached hydrogens (tertiary/aromatic N) is 2. The van der Waals surface area contributed by atoms with Crippen LogP contribution in [0.25, 0.3) is 0 Å². The monoisotopic (exact) mass is 475 g/mol. The van der Waals surface area contributed by atoms with Crippen molar-refractivity contribution in [2.24, 2.45) is 0 Å². The minimum Gasteiger partial charge on any atom is -0.380 e. The predicted octanol–water partition coefficient (Wildman–Crippen LogP) is 2.62. The van der Waals surface area contributed by atoms with E-state index < -0.39 is 24.0 Å². The average molecular weight is 476 g/mol. The fourth-order valence-electron chi connectivity index (χ4n) is 3.73. The zero-order valence-corrected chi connectivity index (χ0v) is 19.7. The molecule has 3 rings (SSSR count). The highest BCUT2D eigenvalue weighted by molar-refractivity contribution is 7.10. The predicted molar refractivity (Wildman–Crippen MR) is 127 cm³/mol. The van der Waals surface area contributed by atoms with E-state index in [0.717, 1.165) is 34.7 Å². The van der Waals surface area contributed by atoms with E-state index in [1.54, 1.807) is 17.5 Å². The molecule has 2 aromatic heterocycles. The highest BCUT2D eigenvalue weighted by Crippen LogP contribution is 2.33. The van der Waals surface area contributed by atoms with E-state index in [9.17, 15) is 19.8 Å². The summed E-state index contributed by atoms with van der Waals surface area (Å²) in [4.78, 5) is 31.9. The Hall–Kier alpha value is -2.33. The van der Waals surface area contributed by atoms with Gasteiger partial charge in [-0.2, -0.15) is 0 Å². The zero-order valence-electron chi connectivity index (χ0n) is 18.1. The molecular weight excluding hydrogens is 446 g/mol. The lowest BCUT2D eigenvalue weighted by atomic mass is 10.1. The summed E-state index contributed by atoms with van der Waals surface area (Å²) in [6, 6.07) is 1.87. The van der Waals surface area contributed by atoms with Crippen LogP contribution >= 0.6 is 22.7 Å². The van der Waals surface area contributed by atoms with Gasteiger partial charge in [0.15, 0.2) is 12.2 Å². The highest BCUT2D eigenvalue weighted by Gasteiger charge is 2.39. The number of hydrogen-bond donors (Lipinski definition) is 3. The minimum atomic E-state index is -1.82. The molecule has 0 saturated carbocycles. The number of carbonyl (C=O) groups excluding carboxylic acids is 2. The number of rotatable bonds is 10. The van der Waals surface area contributed by atoms with Gasteiger partial charge in [-0.05, 0) is 55.2 Å². The number of hydrogen-bond acceptors (Lipinski definition) is 7.